The average molecular weight is 439 g/mol. The van der Waals surface area contributed by atoms with Crippen molar-refractivity contribution in [1.82, 2.24) is 19.4 Å². The van der Waals surface area contributed by atoms with Crippen LogP contribution in [0.1, 0.15) is 23.6 Å². The zero-order valence-corrected chi connectivity index (χ0v) is 18.9. The van der Waals surface area contributed by atoms with Crippen molar-refractivity contribution < 1.29 is 4.79 Å². The molecular weight excluding hydrogens is 408 g/mol. The van der Waals surface area contributed by atoms with E-state index in [4.69, 9.17) is 0 Å². The van der Waals surface area contributed by atoms with Gasteiger partial charge < -0.3 is 9.47 Å². The molecule has 5 heteroatoms. The zero-order chi connectivity index (χ0) is 22.5. The van der Waals surface area contributed by atoms with Gasteiger partial charge in [0.25, 0.3) is 0 Å². The summed E-state index contributed by atoms with van der Waals surface area (Å²) in [5.41, 5.74) is 2.52. The first-order valence-electron chi connectivity index (χ1n) is 11.8. The number of hydrogen-bond acceptors (Lipinski definition) is 3. The molecule has 4 aromatic rings. The van der Waals surface area contributed by atoms with E-state index in [1.54, 1.807) is 0 Å². The maximum atomic E-state index is 13.4. The molecule has 1 unspecified atom stereocenters. The maximum absolute atomic E-state index is 13.4. The van der Waals surface area contributed by atoms with Gasteiger partial charge in [0.15, 0.2) is 0 Å². The first-order valence-corrected chi connectivity index (χ1v) is 11.8. The normalized spacial score (nSPS) is 15.6. The largest absolute Gasteiger partial charge is 0.346 e. The Bertz CT molecular complexity index is 1180. The van der Waals surface area contributed by atoms with Crippen LogP contribution in [0.3, 0.4) is 0 Å². The number of hydrogen-bond donors (Lipinski definition) is 0. The van der Waals surface area contributed by atoms with Crippen molar-refractivity contribution >= 4 is 16.7 Å². The van der Waals surface area contributed by atoms with E-state index in [0.717, 1.165) is 39.1 Å². The molecule has 0 radical (unpaired) electrons. The van der Waals surface area contributed by atoms with E-state index in [1.807, 2.05) is 29.4 Å². The van der Waals surface area contributed by atoms with Crippen LogP contribution in [-0.4, -0.2) is 58.0 Å². The smallest absolute Gasteiger partial charge is 0.225 e. The first kappa shape index (κ1) is 21.4. The third-order valence-electron chi connectivity index (χ3n) is 6.73. The molecule has 0 spiro atoms. The van der Waals surface area contributed by atoms with Crippen LogP contribution in [0.5, 0.6) is 0 Å². The summed E-state index contributed by atoms with van der Waals surface area (Å²) in [4.78, 5) is 22.0. The Hall–Kier alpha value is -3.44. The molecule has 2 aromatic heterocycles. The molecule has 1 saturated heterocycles. The summed E-state index contributed by atoms with van der Waals surface area (Å²) < 4.78 is 2.17. The Morgan fingerprint density at radius 3 is 2.36 bits per heavy atom. The second-order valence-corrected chi connectivity index (χ2v) is 8.75. The van der Waals surface area contributed by atoms with Crippen LogP contribution >= 0.6 is 0 Å². The van der Waals surface area contributed by atoms with Crippen molar-refractivity contribution in [1.29, 1.82) is 0 Å². The molecule has 1 amide bonds. The van der Waals surface area contributed by atoms with Gasteiger partial charge in [-0.05, 0) is 52.6 Å². The predicted octanol–water partition coefficient (Wildman–Crippen LogP) is 4.40. The zero-order valence-electron chi connectivity index (χ0n) is 18.9. The van der Waals surface area contributed by atoms with Crippen LogP contribution in [0.25, 0.3) is 10.8 Å². The van der Waals surface area contributed by atoms with Gasteiger partial charge >= 0.3 is 0 Å². The highest BCUT2D eigenvalue weighted by Gasteiger charge is 2.25. The molecule has 0 N–H and O–H groups in total. The number of fused-ring (bicyclic) bond motifs is 1. The van der Waals surface area contributed by atoms with Crippen LogP contribution in [-0.2, 0) is 11.2 Å². The van der Waals surface area contributed by atoms with E-state index in [-0.39, 0.29) is 11.9 Å². The first-order chi connectivity index (χ1) is 16.3. The number of pyridine rings is 1. The summed E-state index contributed by atoms with van der Waals surface area (Å²) in [6.07, 6.45) is 9.33. The van der Waals surface area contributed by atoms with Crippen molar-refractivity contribution in [2.24, 2.45) is 0 Å². The lowest BCUT2D eigenvalue weighted by Crippen LogP contribution is -2.49. The molecular formula is C28H30N4O. The number of aromatic nitrogens is 2. The minimum Gasteiger partial charge on any atom is -0.346 e. The summed E-state index contributed by atoms with van der Waals surface area (Å²) in [5, 5.41) is 2.43. The minimum absolute atomic E-state index is 0.0108. The van der Waals surface area contributed by atoms with E-state index in [2.05, 4.69) is 81.4 Å². The number of rotatable bonds is 7. The molecule has 3 heterocycles. The van der Waals surface area contributed by atoms with Crippen molar-refractivity contribution in [2.75, 3.05) is 32.7 Å². The fraction of sp³-hybridized carbons (Fsp3) is 0.286. The number of amides is 1. The number of benzene rings is 2. The summed E-state index contributed by atoms with van der Waals surface area (Å²) in [6.45, 7) is 4.47. The molecule has 2 aromatic carbocycles. The standard InChI is InChI=1S/C28H30N4O/c33-28(32-20-18-30(19-21-32)17-12-23-10-13-29-14-11-23)22-27(31-15-3-4-16-31)26-9-5-7-24-6-1-2-8-25(24)26/h1-11,13-16,27H,12,17-22H2. The van der Waals surface area contributed by atoms with E-state index >= 15 is 0 Å². The second-order valence-electron chi connectivity index (χ2n) is 8.75. The van der Waals surface area contributed by atoms with Gasteiger partial charge in [-0.25, -0.2) is 0 Å². The quantitative estimate of drug-likeness (QED) is 0.429. The lowest BCUT2D eigenvalue weighted by atomic mass is 9.96. The van der Waals surface area contributed by atoms with Crippen LogP contribution in [0.2, 0.25) is 0 Å². The van der Waals surface area contributed by atoms with Crippen molar-refractivity contribution in [2.45, 2.75) is 18.9 Å². The summed E-state index contributed by atoms with van der Waals surface area (Å²) in [7, 11) is 0. The van der Waals surface area contributed by atoms with Gasteiger partial charge in [-0.15, -0.1) is 0 Å². The molecule has 5 nitrogen and oxygen atoms in total. The fourth-order valence-corrected chi connectivity index (χ4v) is 4.82. The number of carbonyl (C=O) groups excluding carboxylic acids is 1. The van der Waals surface area contributed by atoms with Gasteiger partial charge in [-0.2, -0.15) is 0 Å². The number of carbonyl (C=O) groups is 1. The molecule has 0 aliphatic carbocycles. The molecule has 1 fully saturated rings. The van der Waals surface area contributed by atoms with E-state index in [1.165, 1.54) is 21.9 Å². The number of nitrogens with zero attached hydrogens (tertiary/aromatic N) is 4. The molecule has 33 heavy (non-hydrogen) atoms. The van der Waals surface area contributed by atoms with Crippen LogP contribution in [0, 0.1) is 0 Å². The van der Waals surface area contributed by atoms with E-state index in [9.17, 15) is 4.79 Å². The molecule has 1 aliphatic heterocycles. The third-order valence-corrected chi connectivity index (χ3v) is 6.73. The Labute approximate surface area is 195 Å². The Morgan fingerprint density at radius 2 is 1.58 bits per heavy atom. The topological polar surface area (TPSA) is 41.4 Å². The number of piperazine rings is 1. The lowest BCUT2D eigenvalue weighted by Gasteiger charge is -2.35. The molecule has 5 rings (SSSR count). The van der Waals surface area contributed by atoms with Gasteiger partial charge in [0.05, 0.1) is 12.5 Å². The van der Waals surface area contributed by atoms with Gasteiger partial charge in [0, 0.05) is 57.5 Å². The van der Waals surface area contributed by atoms with Crippen molar-refractivity contribution in [3.63, 3.8) is 0 Å². The van der Waals surface area contributed by atoms with Gasteiger partial charge in [0.1, 0.15) is 0 Å². The third kappa shape index (κ3) is 4.99. The van der Waals surface area contributed by atoms with E-state index < -0.39 is 0 Å². The molecule has 1 atom stereocenters. The molecule has 168 valence electrons. The maximum Gasteiger partial charge on any atom is 0.225 e. The monoisotopic (exact) mass is 438 g/mol. The van der Waals surface area contributed by atoms with Gasteiger partial charge in [-0.1, -0.05) is 42.5 Å². The lowest BCUT2D eigenvalue weighted by molar-refractivity contribution is -0.133. The van der Waals surface area contributed by atoms with Gasteiger partial charge in [-0.3, -0.25) is 14.7 Å². The summed E-state index contributed by atoms with van der Waals surface area (Å²) in [5.74, 6) is 0.232. The van der Waals surface area contributed by atoms with Crippen molar-refractivity contribution in [3.05, 3.63) is 103 Å². The van der Waals surface area contributed by atoms with Crippen LogP contribution < -0.4 is 0 Å². The predicted molar refractivity (Wildman–Crippen MR) is 132 cm³/mol. The summed E-state index contributed by atoms with van der Waals surface area (Å²) >= 11 is 0. The minimum atomic E-state index is -0.0108. The highest BCUT2D eigenvalue weighted by Crippen LogP contribution is 2.30. The highest BCUT2D eigenvalue weighted by atomic mass is 16.2. The fourth-order valence-electron chi connectivity index (χ4n) is 4.82. The van der Waals surface area contributed by atoms with Gasteiger partial charge in [0.2, 0.25) is 5.91 Å². The van der Waals surface area contributed by atoms with Crippen molar-refractivity contribution in [3.8, 4) is 0 Å². The second kappa shape index (κ2) is 10.0. The van der Waals surface area contributed by atoms with Crippen LogP contribution in [0.15, 0.2) is 91.5 Å². The SMILES string of the molecule is O=C(CC(c1cccc2ccccc12)n1cccc1)N1CCN(CCc2ccncc2)CC1. The molecule has 0 bridgehead atoms. The Kier molecular flexibility index (Phi) is 6.49. The summed E-state index contributed by atoms with van der Waals surface area (Å²) in [6, 6.07) is 23.0. The highest BCUT2D eigenvalue weighted by molar-refractivity contribution is 5.87. The Morgan fingerprint density at radius 1 is 0.848 bits per heavy atom. The Balaban J connectivity index is 1.25. The van der Waals surface area contributed by atoms with E-state index in [0.29, 0.717) is 6.42 Å². The molecule has 0 saturated carbocycles. The van der Waals surface area contributed by atoms with Crippen LogP contribution in [0.4, 0.5) is 0 Å². The molecule has 1 aliphatic rings. The average Bonchev–Trinajstić information content (AvgIpc) is 3.41.